The number of ether oxygens (including phenoxy) is 2. The first-order chi connectivity index (χ1) is 19.9. The van der Waals surface area contributed by atoms with Crippen molar-refractivity contribution in [2.24, 2.45) is 0 Å². The number of nitrogens with two attached hydrogens (primary N) is 1. The number of hydrogen-bond acceptors (Lipinski definition) is 10. The highest BCUT2D eigenvalue weighted by Gasteiger charge is 2.21. The summed E-state index contributed by atoms with van der Waals surface area (Å²) in [7, 11) is 7.66. The first-order valence-corrected chi connectivity index (χ1v) is 14.1. The van der Waals surface area contributed by atoms with Crippen LogP contribution in [0.1, 0.15) is 49.9 Å². The van der Waals surface area contributed by atoms with Crippen LogP contribution in [0.5, 0.6) is 5.75 Å². The monoisotopic (exact) mass is 574 g/mol. The summed E-state index contributed by atoms with van der Waals surface area (Å²) in [5, 5.41) is 3.24. The van der Waals surface area contributed by atoms with Gasteiger partial charge < -0.3 is 34.9 Å². The molecule has 0 atom stereocenters. The number of nitrogens with zero attached hydrogens (tertiary/aromatic N) is 6. The van der Waals surface area contributed by atoms with E-state index in [2.05, 4.69) is 38.5 Å². The quantitative estimate of drug-likeness (QED) is 0.181. The van der Waals surface area contributed by atoms with E-state index in [1.807, 2.05) is 66.2 Å². The molecule has 0 bridgehead atoms. The summed E-state index contributed by atoms with van der Waals surface area (Å²) in [4.78, 5) is 31.3. The van der Waals surface area contributed by atoms with Gasteiger partial charge in [0.2, 0.25) is 5.95 Å². The summed E-state index contributed by atoms with van der Waals surface area (Å²) in [5.74, 6) is 1.29. The van der Waals surface area contributed by atoms with E-state index >= 15 is 0 Å². The number of carbonyl (C=O) groups excluding carboxylic acids is 1. The molecule has 4 aromatic rings. The second-order valence-corrected chi connectivity index (χ2v) is 11.2. The second-order valence-electron chi connectivity index (χ2n) is 11.2. The van der Waals surface area contributed by atoms with Gasteiger partial charge in [-0.2, -0.15) is 0 Å². The fourth-order valence-corrected chi connectivity index (χ4v) is 4.88. The van der Waals surface area contributed by atoms with Crippen molar-refractivity contribution >= 4 is 40.0 Å². The molecule has 0 spiro atoms. The minimum atomic E-state index is -0.493. The SMILES string of the molecule is COc1cc(N(C)CCN(C)C)c(N)cc1Nc1ncc(C(=O)OC(C)C)c(-c2ccc3nc(C)n(C(C)C)c3c2)n1. The molecule has 42 heavy (non-hydrogen) atoms. The minimum absolute atomic E-state index is 0.209. The lowest BCUT2D eigenvalue weighted by atomic mass is 10.1. The zero-order valence-electron chi connectivity index (χ0n) is 26.0. The second kappa shape index (κ2) is 12.6. The lowest BCUT2D eigenvalue weighted by Gasteiger charge is -2.24. The van der Waals surface area contributed by atoms with Crippen LogP contribution in [0.15, 0.2) is 36.5 Å². The summed E-state index contributed by atoms with van der Waals surface area (Å²) >= 11 is 0. The van der Waals surface area contributed by atoms with E-state index in [9.17, 15) is 4.79 Å². The normalized spacial score (nSPS) is 11.5. The van der Waals surface area contributed by atoms with Gasteiger partial charge in [0.1, 0.15) is 17.1 Å². The van der Waals surface area contributed by atoms with Crippen molar-refractivity contribution in [1.29, 1.82) is 0 Å². The number of imidazole rings is 1. The zero-order valence-corrected chi connectivity index (χ0v) is 26.0. The van der Waals surface area contributed by atoms with E-state index in [-0.39, 0.29) is 23.7 Å². The topological polar surface area (TPSA) is 124 Å². The molecule has 11 nitrogen and oxygen atoms in total. The molecule has 0 unspecified atom stereocenters. The van der Waals surface area contributed by atoms with Crippen LogP contribution in [0, 0.1) is 6.92 Å². The molecule has 0 fully saturated rings. The molecule has 0 aliphatic carbocycles. The van der Waals surface area contributed by atoms with Gasteiger partial charge in [0, 0.05) is 44.0 Å². The molecule has 2 aromatic carbocycles. The Bertz CT molecular complexity index is 1580. The Morgan fingerprint density at radius 3 is 2.45 bits per heavy atom. The van der Waals surface area contributed by atoms with E-state index in [0.29, 0.717) is 22.8 Å². The summed E-state index contributed by atoms with van der Waals surface area (Å²) in [6.07, 6.45) is 1.20. The molecule has 0 amide bonds. The Morgan fingerprint density at radius 2 is 1.81 bits per heavy atom. The molecule has 0 aliphatic rings. The number of nitrogens with one attached hydrogen (secondary N) is 1. The van der Waals surface area contributed by atoms with Crippen LogP contribution in [0.25, 0.3) is 22.3 Å². The smallest absolute Gasteiger partial charge is 0.342 e. The molecule has 0 aliphatic heterocycles. The maximum absolute atomic E-state index is 13.1. The number of methoxy groups -OCH3 is 1. The first kappa shape index (κ1) is 30.6. The number of anilines is 4. The number of fused-ring (bicyclic) bond motifs is 1. The highest BCUT2D eigenvalue weighted by Crippen LogP contribution is 2.37. The Labute approximate surface area is 247 Å². The summed E-state index contributed by atoms with van der Waals surface area (Å²) in [5.41, 5.74) is 11.8. The van der Waals surface area contributed by atoms with E-state index in [1.54, 1.807) is 13.2 Å². The van der Waals surface area contributed by atoms with Crippen molar-refractivity contribution in [1.82, 2.24) is 24.4 Å². The maximum atomic E-state index is 13.1. The minimum Gasteiger partial charge on any atom is -0.494 e. The van der Waals surface area contributed by atoms with E-state index in [4.69, 9.17) is 25.2 Å². The number of rotatable bonds is 11. The highest BCUT2D eigenvalue weighted by molar-refractivity contribution is 5.97. The van der Waals surface area contributed by atoms with Crippen LogP contribution < -0.4 is 20.7 Å². The molecule has 11 heteroatoms. The van der Waals surface area contributed by atoms with E-state index < -0.39 is 5.97 Å². The van der Waals surface area contributed by atoms with Crippen molar-refractivity contribution in [3.63, 3.8) is 0 Å². The van der Waals surface area contributed by atoms with E-state index in [0.717, 1.165) is 41.2 Å². The fourth-order valence-electron chi connectivity index (χ4n) is 4.88. The number of benzene rings is 2. The lowest BCUT2D eigenvalue weighted by molar-refractivity contribution is 0.0378. The molecule has 0 saturated carbocycles. The number of nitrogen functional groups attached to an aromatic ring is 1. The number of aromatic nitrogens is 4. The Hall–Kier alpha value is -4.38. The average molecular weight is 575 g/mol. The van der Waals surface area contributed by atoms with Crippen LogP contribution in [0.2, 0.25) is 0 Å². The van der Waals surface area contributed by atoms with E-state index in [1.165, 1.54) is 6.20 Å². The number of hydrogen-bond donors (Lipinski definition) is 2. The van der Waals surface area contributed by atoms with Gasteiger partial charge in [-0.3, -0.25) is 0 Å². The number of carbonyl (C=O) groups is 1. The van der Waals surface area contributed by atoms with Crippen molar-refractivity contribution in [2.45, 2.75) is 46.8 Å². The Kier molecular flexibility index (Phi) is 9.20. The highest BCUT2D eigenvalue weighted by atomic mass is 16.5. The third-order valence-electron chi connectivity index (χ3n) is 6.90. The molecule has 4 rings (SSSR count). The standard InChI is InChI=1S/C31H42N8O3/c1-18(2)39-20(5)34-24-11-10-21(14-27(24)39)29-22(30(40)42-19(3)4)17-33-31(36-29)35-25-15-23(32)26(16-28(25)41-9)38(8)13-12-37(6)7/h10-11,14-19H,12-13,32H2,1-9H3,(H,33,35,36). The zero-order chi connectivity index (χ0) is 30.7. The van der Waals surface area contributed by atoms with Gasteiger partial charge in [0.15, 0.2) is 0 Å². The number of likely N-dealkylation sites (N-methyl/N-ethyl adjacent to an activating group) is 2. The van der Waals surface area contributed by atoms with Gasteiger partial charge >= 0.3 is 5.97 Å². The first-order valence-electron chi connectivity index (χ1n) is 14.1. The van der Waals surface area contributed by atoms with Crippen molar-refractivity contribution in [2.75, 3.05) is 57.3 Å². The molecular formula is C31H42N8O3. The molecule has 0 radical (unpaired) electrons. The molecule has 3 N–H and O–H groups in total. The Morgan fingerprint density at radius 1 is 1.07 bits per heavy atom. The summed E-state index contributed by atoms with van der Waals surface area (Å²) in [6, 6.07) is 9.77. The largest absolute Gasteiger partial charge is 0.494 e. The third kappa shape index (κ3) is 6.57. The number of aryl methyl sites for hydroxylation is 1. The van der Waals surface area contributed by atoms with Gasteiger partial charge in [0.25, 0.3) is 0 Å². The summed E-state index contributed by atoms with van der Waals surface area (Å²) in [6.45, 7) is 11.5. The molecule has 224 valence electrons. The average Bonchev–Trinajstić information content (AvgIpc) is 3.26. The maximum Gasteiger partial charge on any atom is 0.342 e. The van der Waals surface area contributed by atoms with Gasteiger partial charge in [-0.1, -0.05) is 6.07 Å². The van der Waals surface area contributed by atoms with Crippen molar-refractivity contribution in [3.05, 3.63) is 47.9 Å². The molecule has 2 heterocycles. The van der Waals surface area contributed by atoms with Crippen molar-refractivity contribution in [3.8, 4) is 17.0 Å². The van der Waals surface area contributed by atoms with Crippen LogP contribution >= 0.6 is 0 Å². The number of esters is 1. The van der Waals surface area contributed by atoms with Crippen LogP contribution in [-0.2, 0) is 4.74 Å². The summed E-state index contributed by atoms with van der Waals surface area (Å²) < 4.78 is 13.4. The van der Waals surface area contributed by atoms with Gasteiger partial charge in [-0.25, -0.2) is 19.7 Å². The van der Waals surface area contributed by atoms with Crippen LogP contribution in [0.4, 0.5) is 23.0 Å². The van der Waals surface area contributed by atoms with Crippen LogP contribution in [-0.4, -0.2) is 77.8 Å². The molecule has 2 aromatic heterocycles. The third-order valence-corrected chi connectivity index (χ3v) is 6.90. The predicted octanol–water partition coefficient (Wildman–Crippen LogP) is 5.28. The fraction of sp³-hybridized carbons (Fsp3) is 0.419. The van der Waals surface area contributed by atoms with Gasteiger partial charge in [-0.05, 0) is 66.9 Å². The van der Waals surface area contributed by atoms with Crippen LogP contribution in [0.3, 0.4) is 0 Å². The molecule has 0 saturated heterocycles. The van der Waals surface area contributed by atoms with Gasteiger partial charge in [0.05, 0.1) is 47.0 Å². The predicted molar refractivity (Wildman–Crippen MR) is 169 cm³/mol. The van der Waals surface area contributed by atoms with Gasteiger partial charge in [-0.15, -0.1) is 0 Å². The molecular weight excluding hydrogens is 532 g/mol. The lowest BCUT2D eigenvalue weighted by Crippen LogP contribution is -2.29. The Balaban J connectivity index is 1.77. The van der Waals surface area contributed by atoms with Crippen molar-refractivity contribution < 1.29 is 14.3 Å².